The van der Waals surface area contributed by atoms with E-state index < -0.39 is 15.6 Å². The first-order chi connectivity index (χ1) is 7.39. The fourth-order valence-corrected chi connectivity index (χ4v) is 2.37. The molecule has 0 amide bonds. The molecule has 5 nitrogen and oxygen atoms in total. The number of hydrogen-bond acceptors (Lipinski definition) is 4. The van der Waals surface area contributed by atoms with Gasteiger partial charge in [0.1, 0.15) is 0 Å². The van der Waals surface area contributed by atoms with Gasteiger partial charge >= 0.3 is 0 Å². The molecule has 17 heavy (non-hydrogen) atoms. The summed E-state index contributed by atoms with van der Waals surface area (Å²) in [6.45, 7) is 4.68. The second-order valence-electron chi connectivity index (χ2n) is 4.06. The summed E-state index contributed by atoms with van der Waals surface area (Å²) in [6, 6.07) is 0. The summed E-state index contributed by atoms with van der Waals surface area (Å²) in [5.74, 6) is 0.0876. The molecule has 7 heteroatoms. The fourth-order valence-electron chi connectivity index (χ4n) is 1.22. The molecule has 0 bridgehead atoms. The van der Waals surface area contributed by atoms with E-state index in [-0.39, 0.29) is 18.2 Å². The molecule has 0 aromatic rings. The Hall–Kier alpha value is 0.120. The second-order valence-corrected chi connectivity index (χ2v) is 5.98. The molecule has 0 saturated carbocycles. The fraction of sp³-hybridized carbons (Fsp3) is 1.00. The molecule has 0 atom stereocenters. The molecular formula is C10H25ClN2O3S. The Labute approximate surface area is 111 Å². The number of nitrogens with two attached hydrogens (primary N) is 1. The van der Waals surface area contributed by atoms with Crippen molar-refractivity contribution in [1.82, 2.24) is 4.72 Å². The highest BCUT2D eigenvalue weighted by atomic mass is 35.5. The van der Waals surface area contributed by atoms with Crippen molar-refractivity contribution < 1.29 is 13.2 Å². The predicted octanol–water partition coefficient (Wildman–Crippen LogP) is 0.882. The monoisotopic (exact) mass is 288 g/mol. The van der Waals surface area contributed by atoms with E-state index in [4.69, 9.17) is 10.5 Å². The van der Waals surface area contributed by atoms with Crippen LogP contribution in [0.15, 0.2) is 0 Å². The zero-order chi connectivity index (χ0) is 12.7. The topological polar surface area (TPSA) is 81.4 Å². The van der Waals surface area contributed by atoms with Crippen LogP contribution in [0.1, 0.15) is 33.1 Å². The van der Waals surface area contributed by atoms with Crippen LogP contribution in [-0.2, 0) is 14.8 Å². The molecule has 0 aliphatic carbocycles. The number of hydrogen-bond donors (Lipinski definition) is 2. The Morgan fingerprint density at radius 2 is 1.82 bits per heavy atom. The van der Waals surface area contributed by atoms with Crippen LogP contribution in [0.5, 0.6) is 0 Å². The predicted molar refractivity (Wildman–Crippen MR) is 73.0 cm³/mol. The van der Waals surface area contributed by atoms with Crippen LogP contribution in [0.3, 0.4) is 0 Å². The highest BCUT2D eigenvalue weighted by Gasteiger charge is 2.22. The van der Waals surface area contributed by atoms with Gasteiger partial charge in [0.15, 0.2) is 0 Å². The van der Waals surface area contributed by atoms with Gasteiger partial charge in [-0.1, -0.05) is 13.8 Å². The minimum atomic E-state index is -3.22. The first-order valence-corrected chi connectivity index (χ1v) is 7.29. The molecule has 0 unspecified atom stereocenters. The van der Waals surface area contributed by atoms with Gasteiger partial charge in [0.2, 0.25) is 10.0 Å². The number of nitrogens with one attached hydrogen (secondary N) is 1. The zero-order valence-electron chi connectivity index (χ0n) is 10.9. The van der Waals surface area contributed by atoms with Crippen LogP contribution in [0, 0.1) is 0 Å². The zero-order valence-corrected chi connectivity index (χ0v) is 12.5. The maximum absolute atomic E-state index is 11.6. The summed E-state index contributed by atoms with van der Waals surface area (Å²) in [7, 11) is -1.66. The van der Waals surface area contributed by atoms with E-state index in [2.05, 4.69) is 4.72 Å². The van der Waals surface area contributed by atoms with Crippen molar-refractivity contribution in [3.63, 3.8) is 0 Å². The van der Waals surface area contributed by atoms with E-state index >= 15 is 0 Å². The lowest BCUT2D eigenvalue weighted by atomic mass is 9.95. The number of sulfonamides is 1. The van der Waals surface area contributed by atoms with Gasteiger partial charge in [-0.15, -0.1) is 12.4 Å². The Bertz CT molecular complexity index is 279. The van der Waals surface area contributed by atoms with Crippen LogP contribution in [0.25, 0.3) is 0 Å². The quantitative estimate of drug-likeness (QED) is 0.617. The third kappa shape index (κ3) is 8.79. The molecule has 0 rings (SSSR count). The average molecular weight is 289 g/mol. The van der Waals surface area contributed by atoms with Gasteiger partial charge in [-0.2, -0.15) is 0 Å². The van der Waals surface area contributed by atoms with Gasteiger partial charge in [-0.25, -0.2) is 13.1 Å². The van der Waals surface area contributed by atoms with Gasteiger partial charge in [-0.05, 0) is 19.3 Å². The maximum Gasteiger partial charge on any atom is 0.211 e. The third-order valence-corrected chi connectivity index (χ3v) is 4.22. The molecule has 3 N–H and O–H groups in total. The minimum Gasteiger partial charge on any atom is -0.385 e. The van der Waals surface area contributed by atoms with Crippen molar-refractivity contribution >= 4 is 22.4 Å². The molecule has 0 heterocycles. The Balaban J connectivity index is 0. The van der Waals surface area contributed by atoms with Crippen molar-refractivity contribution in [2.24, 2.45) is 5.73 Å². The summed E-state index contributed by atoms with van der Waals surface area (Å²) in [4.78, 5) is 0. The molecular weight excluding hydrogens is 264 g/mol. The lowest BCUT2D eigenvalue weighted by Crippen LogP contribution is -2.49. The Kier molecular flexibility index (Phi) is 10.4. The molecule has 0 aliphatic rings. The highest BCUT2D eigenvalue weighted by Crippen LogP contribution is 2.09. The van der Waals surface area contributed by atoms with Crippen LogP contribution in [-0.4, -0.2) is 40.0 Å². The smallest absolute Gasteiger partial charge is 0.211 e. The van der Waals surface area contributed by atoms with Crippen molar-refractivity contribution in [3.05, 3.63) is 0 Å². The molecule has 0 fully saturated rings. The van der Waals surface area contributed by atoms with Gasteiger partial charge < -0.3 is 10.5 Å². The van der Waals surface area contributed by atoms with Crippen LogP contribution < -0.4 is 10.5 Å². The van der Waals surface area contributed by atoms with Crippen LogP contribution in [0.4, 0.5) is 0 Å². The Morgan fingerprint density at radius 1 is 1.29 bits per heavy atom. The summed E-state index contributed by atoms with van der Waals surface area (Å²) in [5.41, 5.74) is 5.57. The normalized spacial score (nSPS) is 12.2. The SMILES string of the molecule is CCC(N)(CC)CNS(=O)(=O)CCCOC.Cl. The minimum absolute atomic E-state index is 0. The second kappa shape index (κ2) is 9.10. The summed E-state index contributed by atoms with van der Waals surface area (Å²) >= 11 is 0. The molecule has 0 saturated heterocycles. The summed E-state index contributed by atoms with van der Waals surface area (Å²) in [6.07, 6.45) is 2.01. The van der Waals surface area contributed by atoms with Crippen molar-refractivity contribution in [2.45, 2.75) is 38.6 Å². The summed E-state index contributed by atoms with van der Waals surface area (Å²) < 4.78 is 30.5. The molecule has 0 radical (unpaired) electrons. The maximum atomic E-state index is 11.6. The first kappa shape index (κ1) is 19.5. The molecule has 0 aliphatic heterocycles. The Morgan fingerprint density at radius 3 is 2.24 bits per heavy atom. The molecule has 106 valence electrons. The van der Waals surface area contributed by atoms with Crippen molar-refractivity contribution in [2.75, 3.05) is 26.0 Å². The highest BCUT2D eigenvalue weighted by molar-refractivity contribution is 7.89. The van der Waals surface area contributed by atoms with Gasteiger partial charge in [-0.3, -0.25) is 0 Å². The summed E-state index contributed by atoms with van der Waals surface area (Å²) in [5, 5.41) is 0. The van der Waals surface area contributed by atoms with E-state index in [0.29, 0.717) is 19.6 Å². The average Bonchev–Trinajstić information content (AvgIpc) is 2.26. The number of rotatable bonds is 9. The van der Waals surface area contributed by atoms with Crippen molar-refractivity contribution in [1.29, 1.82) is 0 Å². The lowest BCUT2D eigenvalue weighted by molar-refractivity contribution is 0.199. The lowest BCUT2D eigenvalue weighted by Gasteiger charge is -2.26. The molecule has 0 spiro atoms. The molecule has 0 aromatic carbocycles. The number of ether oxygens (including phenoxy) is 1. The standard InChI is InChI=1S/C10H24N2O3S.ClH/c1-4-10(11,5-2)9-12-16(13,14)8-6-7-15-3;/h12H,4-9,11H2,1-3H3;1H. The first-order valence-electron chi connectivity index (χ1n) is 5.64. The van der Waals surface area contributed by atoms with E-state index in [9.17, 15) is 8.42 Å². The van der Waals surface area contributed by atoms with Crippen LogP contribution in [0.2, 0.25) is 0 Å². The van der Waals surface area contributed by atoms with Gasteiger partial charge in [0, 0.05) is 25.8 Å². The van der Waals surface area contributed by atoms with E-state index in [1.807, 2.05) is 13.8 Å². The number of methoxy groups -OCH3 is 1. The molecule has 0 aromatic heterocycles. The van der Waals surface area contributed by atoms with E-state index in [0.717, 1.165) is 12.8 Å². The van der Waals surface area contributed by atoms with Gasteiger partial charge in [0.05, 0.1) is 5.75 Å². The van der Waals surface area contributed by atoms with Crippen LogP contribution >= 0.6 is 12.4 Å². The third-order valence-electron chi connectivity index (χ3n) is 2.81. The van der Waals surface area contributed by atoms with Gasteiger partial charge in [0.25, 0.3) is 0 Å². The van der Waals surface area contributed by atoms with E-state index in [1.165, 1.54) is 0 Å². The largest absolute Gasteiger partial charge is 0.385 e. The van der Waals surface area contributed by atoms with E-state index in [1.54, 1.807) is 7.11 Å². The number of halogens is 1. The van der Waals surface area contributed by atoms with Crippen molar-refractivity contribution in [3.8, 4) is 0 Å².